The summed E-state index contributed by atoms with van der Waals surface area (Å²) in [5.41, 5.74) is 1.89. The summed E-state index contributed by atoms with van der Waals surface area (Å²) in [6.07, 6.45) is -0.198. The van der Waals surface area contributed by atoms with Gasteiger partial charge in [0.2, 0.25) is 0 Å². The Morgan fingerprint density at radius 3 is 1.58 bits per heavy atom. The highest BCUT2D eigenvalue weighted by molar-refractivity contribution is 5.39. The Morgan fingerprint density at radius 1 is 0.842 bits per heavy atom. The Kier molecular flexibility index (Phi) is 4.35. The maximum Gasteiger partial charge on any atom is 0.152 e. The van der Waals surface area contributed by atoms with E-state index in [0.717, 1.165) is 17.5 Å². The predicted octanol–water partition coefficient (Wildman–Crippen LogP) is 3.08. The topological polar surface area (TPSA) is 40.5 Å². The van der Waals surface area contributed by atoms with Gasteiger partial charge in [-0.3, -0.25) is 0 Å². The first-order chi connectivity index (χ1) is 9.19. The molecule has 2 heteroatoms. The second-order valence-corrected chi connectivity index (χ2v) is 4.85. The zero-order valence-electron chi connectivity index (χ0n) is 11.2. The van der Waals surface area contributed by atoms with E-state index in [9.17, 15) is 10.2 Å². The first-order valence-corrected chi connectivity index (χ1v) is 6.66. The van der Waals surface area contributed by atoms with Crippen molar-refractivity contribution in [3.8, 4) is 0 Å². The van der Waals surface area contributed by atoms with Gasteiger partial charge in [-0.25, -0.2) is 0 Å². The second-order valence-electron chi connectivity index (χ2n) is 4.85. The van der Waals surface area contributed by atoms with Crippen LogP contribution in [0.1, 0.15) is 30.9 Å². The number of benzene rings is 2. The van der Waals surface area contributed by atoms with Crippen molar-refractivity contribution >= 4 is 0 Å². The zero-order chi connectivity index (χ0) is 13.7. The molecule has 0 aliphatic carbocycles. The maximum absolute atomic E-state index is 9.50. The molecule has 100 valence electrons. The van der Waals surface area contributed by atoms with Crippen molar-refractivity contribution in [3.05, 3.63) is 71.8 Å². The van der Waals surface area contributed by atoms with E-state index < -0.39 is 6.29 Å². The second kappa shape index (κ2) is 6.00. The van der Waals surface area contributed by atoms with E-state index in [-0.39, 0.29) is 5.41 Å². The lowest BCUT2D eigenvalue weighted by Gasteiger charge is -2.35. The van der Waals surface area contributed by atoms with E-state index in [1.807, 2.05) is 36.4 Å². The number of rotatable bonds is 5. The van der Waals surface area contributed by atoms with Gasteiger partial charge >= 0.3 is 0 Å². The molecule has 2 aromatic carbocycles. The van der Waals surface area contributed by atoms with Gasteiger partial charge in [-0.05, 0) is 17.5 Å². The lowest BCUT2D eigenvalue weighted by atomic mass is 9.70. The molecule has 0 heterocycles. The third-order valence-corrected chi connectivity index (χ3v) is 3.79. The fraction of sp³-hybridized carbons (Fsp3) is 0.294. The first kappa shape index (κ1) is 13.8. The maximum atomic E-state index is 9.50. The van der Waals surface area contributed by atoms with E-state index >= 15 is 0 Å². The molecule has 0 saturated heterocycles. The van der Waals surface area contributed by atoms with Crippen molar-refractivity contribution < 1.29 is 10.2 Å². The van der Waals surface area contributed by atoms with Crippen LogP contribution < -0.4 is 0 Å². The van der Waals surface area contributed by atoms with Gasteiger partial charge in [-0.1, -0.05) is 67.6 Å². The zero-order valence-corrected chi connectivity index (χ0v) is 11.2. The quantitative estimate of drug-likeness (QED) is 0.807. The Hall–Kier alpha value is -1.64. The molecule has 19 heavy (non-hydrogen) atoms. The summed E-state index contributed by atoms with van der Waals surface area (Å²) in [5, 5.41) is 19.0. The van der Waals surface area contributed by atoms with E-state index in [1.165, 1.54) is 0 Å². The number of aliphatic hydroxyl groups excluding tert-OH is 1. The highest BCUT2D eigenvalue weighted by atomic mass is 16.5. The summed E-state index contributed by atoms with van der Waals surface area (Å²) in [6.45, 7) is 2.09. The average molecular weight is 256 g/mol. The Bertz CT molecular complexity index is 452. The number of hydrogen-bond acceptors (Lipinski definition) is 2. The molecule has 0 unspecified atom stereocenters. The highest BCUT2D eigenvalue weighted by Crippen LogP contribution is 2.39. The smallest absolute Gasteiger partial charge is 0.152 e. The molecule has 0 spiro atoms. The standard InChI is InChI=1S/C17H20O2/c1-2-17(13-16(18)19,14-9-5-3-6-10-14)15-11-7-4-8-12-15/h3-12,16,18-19H,2,13H2,1H3. The van der Waals surface area contributed by atoms with E-state index in [4.69, 9.17) is 0 Å². The van der Waals surface area contributed by atoms with E-state index in [1.54, 1.807) is 0 Å². The van der Waals surface area contributed by atoms with Gasteiger partial charge in [0, 0.05) is 11.8 Å². The normalized spacial score (nSPS) is 11.8. The van der Waals surface area contributed by atoms with Gasteiger partial charge in [-0.15, -0.1) is 0 Å². The molecule has 2 rings (SSSR count). The van der Waals surface area contributed by atoms with Gasteiger partial charge in [0.05, 0.1) is 0 Å². The number of aliphatic hydroxyl groups is 2. The van der Waals surface area contributed by atoms with Crippen LogP contribution in [-0.4, -0.2) is 16.5 Å². The van der Waals surface area contributed by atoms with Crippen LogP contribution in [-0.2, 0) is 5.41 Å². The van der Waals surface area contributed by atoms with Crippen LogP contribution in [0, 0.1) is 0 Å². The fourth-order valence-electron chi connectivity index (χ4n) is 2.78. The third kappa shape index (κ3) is 2.86. The van der Waals surface area contributed by atoms with Crippen LogP contribution in [0.25, 0.3) is 0 Å². The summed E-state index contributed by atoms with van der Waals surface area (Å²) in [7, 11) is 0. The summed E-state index contributed by atoms with van der Waals surface area (Å²) in [4.78, 5) is 0. The van der Waals surface area contributed by atoms with Crippen LogP contribution in [0.2, 0.25) is 0 Å². The molecule has 0 bridgehead atoms. The van der Waals surface area contributed by atoms with Crippen molar-refractivity contribution in [3.63, 3.8) is 0 Å². The van der Waals surface area contributed by atoms with Gasteiger partial charge < -0.3 is 10.2 Å². The minimum Gasteiger partial charge on any atom is -0.368 e. The predicted molar refractivity (Wildman–Crippen MR) is 76.8 cm³/mol. The third-order valence-electron chi connectivity index (χ3n) is 3.79. The van der Waals surface area contributed by atoms with Gasteiger partial charge in [0.25, 0.3) is 0 Å². The van der Waals surface area contributed by atoms with Gasteiger partial charge in [0.15, 0.2) is 6.29 Å². The largest absolute Gasteiger partial charge is 0.368 e. The molecule has 0 amide bonds. The molecule has 2 N–H and O–H groups in total. The van der Waals surface area contributed by atoms with Crippen LogP contribution in [0.15, 0.2) is 60.7 Å². The van der Waals surface area contributed by atoms with Crippen LogP contribution >= 0.6 is 0 Å². The SMILES string of the molecule is CCC(CC(O)O)(c1ccccc1)c1ccccc1. The molecule has 2 nitrogen and oxygen atoms in total. The average Bonchev–Trinajstić information content (AvgIpc) is 2.46. The fourth-order valence-corrected chi connectivity index (χ4v) is 2.78. The Balaban J connectivity index is 2.55. The molecule has 0 aromatic heterocycles. The monoisotopic (exact) mass is 256 g/mol. The molecular formula is C17H20O2. The minimum atomic E-state index is -1.32. The molecular weight excluding hydrogens is 236 g/mol. The van der Waals surface area contributed by atoms with Crippen LogP contribution in [0.4, 0.5) is 0 Å². The Morgan fingerprint density at radius 2 is 1.26 bits per heavy atom. The molecule has 2 aromatic rings. The molecule has 0 radical (unpaired) electrons. The molecule has 0 atom stereocenters. The van der Waals surface area contributed by atoms with Gasteiger partial charge in [-0.2, -0.15) is 0 Å². The molecule has 0 aliphatic heterocycles. The molecule has 0 fully saturated rings. The van der Waals surface area contributed by atoms with Crippen molar-refractivity contribution in [2.24, 2.45) is 0 Å². The molecule has 0 saturated carbocycles. The van der Waals surface area contributed by atoms with Crippen molar-refractivity contribution in [1.29, 1.82) is 0 Å². The Labute approximate surface area is 114 Å². The lowest BCUT2D eigenvalue weighted by Crippen LogP contribution is -2.31. The summed E-state index contributed by atoms with van der Waals surface area (Å²) < 4.78 is 0. The van der Waals surface area contributed by atoms with Gasteiger partial charge in [0.1, 0.15) is 0 Å². The van der Waals surface area contributed by atoms with E-state index in [0.29, 0.717) is 6.42 Å². The van der Waals surface area contributed by atoms with Crippen molar-refractivity contribution in [2.75, 3.05) is 0 Å². The van der Waals surface area contributed by atoms with Crippen LogP contribution in [0.5, 0.6) is 0 Å². The van der Waals surface area contributed by atoms with E-state index in [2.05, 4.69) is 31.2 Å². The highest BCUT2D eigenvalue weighted by Gasteiger charge is 2.34. The molecule has 0 aliphatic rings. The van der Waals surface area contributed by atoms with Crippen molar-refractivity contribution in [2.45, 2.75) is 31.5 Å². The summed E-state index contributed by atoms with van der Waals surface area (Å²) in [6, 6.07) is 20.1. The van der Waals surface area contributed by atoms with Crippen molar-refractivity contribution in [1.82, 2.24) is 0 Å². The first-order valence-electron chi connectivity index (χ1n) is 6.66. The number of hydrogen-bond donors (Lipinski definition) is 2. The lowest BCUT2D eigenvalue weighted by molar-refractivity contribution is -0.0574. The van der Waals surface area contributed by atoms with Crippen LogP contribution in [0.3, 0.4) is 0 Å². The summed E-state index contributed by atoms with van der Waals surface area (Å²) in [5.74, 6) is 0. The minimum absolute atomic E-state index is 0.303. The summed E-state index contributed by atoms with van der Waals surface area (Å²) >= 11 is 0.